The molecule has 0 N–H and O–H groups in total. The highest BCUT2D eigenvalue weighted by Crippen LogP contribution is 1.99. The third-order valence-corrected chi connectivity index (χ3v) is 1.98. The number of rotatable bonds is 8. The number of methoxy groups -OCH3 is 1. The highest BCUT2D eigenvalue weighted by molar-refractivity contribution is 5.14. The second-order valence-corrected chi connectivity index (χ2v) is 3.16. The molecule has 0 unspecified atom stereocenters. The van der Waals surface area contributed by atoms with Crippen LogP contribution in [-0.4, -0.2) is 33.7 Å². The average molecular weight is 210 g/mol. The van der Waals surface area contributed by atoms with Gasteiger partial charge in [-0.25, -0.2) is 0 Å². The topological polar surface area (TPSA) is 27.7 Å². The summed E-state index contributed by atoms with van der Waals surface area (Å²) >= 11 is 0. The van der Waals surface area contributed by atoms with E-state index < -0.39 is 0 Å². The minimum atomic E-state index is 0.343. The largest absolute Gasteiger partial charge is 0.382 e. The standard InChI is InChI=1S/C12H18O3/c1-13-9-10-15-11-14-8-7-12-5-3-2-4-6-12/h2-6H,7-11H2,1H3. The molecular formula is C12H18O3. The van der Waals surface area contributed by atoms with Gasteiger partial charge in [-0.3, -0.25) is 0 Å². The van der Waals surface area contributed by atoms with Crippen LogP contribution in [0.25, 0.3) is 0 Å². The van der Waals surface area contributed by atoms with Crippen molar-refractivity contribution in [2.45, 2.75) is 6.42 Å². The quantitative estimate of drug-likeness (QED) is 0.484. The SMILES string of the molecule is COCCOCOCCc1ccccc1. The highest BCUT2D eigenvalue weighted by atomic mass is 16.7. The molecule has 84 valence electrons. The molecule has 0 saturated heterocycles. The van der Waals surface area contributed by atoms with Gasteiger partial charge in [0.25, 0.3) is 0 Å². The Morgan fingerprint density at radius 3 is 2.40 bits per heavy atom. The van der Waals surface area contributed by atoms with Gasteiger partial charge in [-0.2, -0.15) is 0 Å². The average Bonchev–Trinajstić information content (AvgIpc) is 2.29. The molecule has 0 spiro atoms. The van der Waals surface area contributed by atoms with Gasteiger partial charge in [-0.05, 0) is 12.0 Å². The van der Waals surface area contributed by atoms with Gasteiger partial charge in [0.15, 0.2) is 0 Å². The summed E-state index contributed by atoms with van der Waals surface area (Å²) in [5, 5.41) is 0. The zero-order valence-electron chi connectivity index (χ0n) is 9.15. The van der Waals surface area contributed by atoms with Crippen molar-refractivity contribution in [1.29, 1.82) is 0 Å². The fourth-order valence-corrected chi connectivity index (χ4v) is 1.15. The molecule has 1 aromatic carbocycles. The van der Waals surface area contributed by atoms with Crippen LogP contribution >= 0.6 is 0 Å². The number of hydrogen-bond acceptors (Lipinski definition) is 3. The molecule has 0 bridgehead atoms. The van der Waals surface area contributed by atoms with Crippen LogP contribution in [0.5, 0.6) is 0 Å². The number of ether oxygens (including phenoxy) is 3. The first-order valence-corrected chi connectivity index (χ1v) is 5.12. The van der Waals surface area contributed by atoms with Gasteiger partial charge in [-0.15, -0.1) is 0 Å². The maximum atomic E-state index is 5.31. The lowest BCUT2D eigenvalue weighted by Gasteiger charge is -2.05. The van der Waals surface area contributed by atoms with Gasteiger partial charge in [0.1, 0.15) is 6.79 Å². The normalized spacial score (nSPS) is 10.5. The summed E-state index contributed by atoms with van der Waals surface area (Å²) in [5.74, 6) is 0. The molecule has 1 rings (SSSR count). The van der Waals surface area contributed by atoms with E-state index in [2.05, 4.69) is 12.1 Å². The fraction of sp³-hybridized carbons (Fsp3) is 0.500. The van der Waals surface area contributed by atoms with Crippen LogP contribution in [0.3, 0.4) is 0 Å². The first-order valence-electron chi connectivity index (χ1n) is 5.12. The van der Waals surface area contributed by atoms with Crippen LogP contribution in [0.15, 0.2) is 30.3 Å². The summed E-state index contributed by atoms with van der Waals surface area (Å²) in [6.07, 6.45) is 0.925. The summed E-state index contributed by atoms with van der Waals surface area (Å²) < 4.78 is 15.3. The Kier molecular flexibility index (Phi) is 6.83. The molecule has 0 atom stereocenters. The van der Waals surface area contributed by atoms with Crippen LogP contribution in [0, 0.1) is 0 Å². The van der Waals surface area contributed by atoms with Crippen LogP contribution in [0.1, 0.15) is 5.56 Å². The summed E-state index contributed by atoms with van der Waals surface area (Å²) in [6, 6.07) is 10.3. The van der Waals surface area contributed by atoms with Gasteiger partial charge in [0.2, 0.25) is 0 Å². The summed E-state index contributed by atoms with van der Waals surface area (Å²) in [5.41, 5.74) is 1.29. The zero-order valence-corrected chi connectivity index (χ0v) is 9.15. The van der Waals surface area contributed by atoms with E-state index in [1.165, 1.54) is 5.56 Å². The predicted octanol–water partition coefficient (Wildman–Crippen LogP) is 1.87. The van der Waals surface area contributed by atoms with E-state index in [0.29, 0.717) is 26.6 Å². The fourth-order valence-electron chi connectivity index (χ4n) is 1.15. The highest BCUT2D eigenvalue weighted by Gasteiger charge is 1.92. The Bertz CT molecular complexity index is 236. The van der Waals surface area contributed by atoms with Crippen molar-refractivity contribution in [2.75, 3.05) is 33.7 Å². The Labute approximate surface area is 91.0 Å². The van der Waals surface area contributed by atoms with E-state index in [1.54, 1.807) is 7.11 Å². The maximum Gasteiger partial charge on any atom is 0.146 e. The summed E-state index contributed by atoms with van der Waals surface area (Å²) in [7, 11) is 1.65. The van der Waals surface area contributed by atoms with E-state index in [0.717, 1.165) is 6.42 Å². The van der Waals surface area contributed by atoms with Crippen molar-refractivity contribution in [3.63, 3.8) is 0 Å². The molecule has 0 radical (unpaired) electrons. The summed E-state index contributed by atoms with van der Waals surface area (Å²) in [4.78, 5) is 0. The van der Waals surface area contributed by atoms with Crippen molar-refractivity contribution in [2.24, 2.45) is 0 Å². The van der Waals surface area contributed by atoms with Gasteiger partial charge in [0, 0.05) is 7.11 Å². The lowest BCUT2D eigenvalue weighted by atomic mass is 10.2. The molecule has 1 aromatic rings. The van der Waals surface area contributed by atoms with Crippen LogP contribution < -0.4 is 0 Å². The molecule has 0 aliphatic rings. The molecule has 3 heteroatoms. The number of hydrogen-bond donors (Lipinski definition) is 0. The molecule has 0 aliphatic carbocycles. The Morgan fingerprint density at radius 1 is 0.933 bits per heavy atom. The van der Waals surface area contributed by atoms with Gasteiger partial charge in [0.05, 0.1) is 19.8 Å². The van der Waals surface area contributed by atoms with Crippen LogP contribution in [0.4, 0.5) is 0 Å². The van der Waals surface area contributed by atoms with E-state index in [-0.39, 0.29) is 0 Å². The van der Waals surface area contributed by atoms with Gasteiger partial charge >= 0.3 is 0 Å². The van der Waals surface area contributed by atoms with Crippen molar-refractivity contribution in [1.82, 2.24) is 0 Å². The second kappa shape index (κ2) is 8.41. The smallest absolute Gasteiger partial charge is 0.146 e. The lowest BCUT2D eigenvalue weighted by molar-refractivity contribution is -0.0647. The first kappa shape index (κ1) is 12.2. The first-order chi connectivity index (χ1) is 7.43. The molecule has 0 heterocycles. The van der Waals surface area contributed by atoms with E-state index in [1.807, 2.05) is 18.2 Å². The molecule has 0 aromatic heterocycles. The Morgan fingerprint density at radius 2 is 1.67 bits per heavy atom. The van der Waals surface area contributed by atoms with Crippen molar-refractivity contribution < 1.29 is 14.2 Å². The number of benzene rings is 1. The predicted molar refractivity (Wildman–Crippen MR) is 58.8 cm³/mol. The minimum absolute atomic E-state index is 0.343. The lowest BCUT2D eigenvalue weighted by Crippen LogP contribution is -2.07. The van der Waals surface area contributed by atoms with Crippen molar-refractivity contribution in [3.8, 4) is 0 Å². The van der Waals surface area contributed by atoms with E-state index >= 15 is 0 Å². The molecule has 15 heavy (non-hydrogen) atoms. The Hall–Kier alpha value is -0.900. The second-order valence-electron chi connectivity index (χ2n) is 3.16. The van der Waals surface area contributed by atoms with Crippen LogP contribution in [0.2, 0.25) is 0 Å². The van der Waals surface area contributed by atoms with E-state index in [9.17, 15) is 0 Å². The molecule has 0 amide bonds. The maximum absolute atomic E-state index is 5.31. The van der Waals surface area contributed by atoms with E-state index in [4.69, 9.17) is 14.2 Å². The molecule has 3 nitrogen and oxygen atoms in total. The van der Waals surface area contributed by atoms with Crippen molar-refractivity contribution >= 4 is 0 Å². The molecule has 0 saturated carbocycles. The van der Waals surface area contributed by atoms with Gasteiger partial charge < -0.3 is 14.2 Å². The zero-order chi connectivity index (χ0) is 10.8. The van der Waals surface area contributed by atoms with Gasteiger partial charge in [-0.1, -0.05) is 30.3 Å². The molecular weight excluding hydrogens is 192 g/mol. The molecule has 0 fully saturated rings. The van der Waals surface area contributed by atoms with Crippen molar-refractivity contribution in [3.05, 3.63) is 35.9 Å². The third-order valence-electron chi connectivity index (χ3n) is 1.98. The minimum Gasteiger partial charge on any atom is -0.382 e. The monoisotopic (exact) mass is 210 g/mol. The summed E-state index contributed by atoms with van der Waals surface area (Å²) in [6.45, 7) is 2.23. The Balaban J connectivity index is 1.93. The third kappa shape index (κ3) is 6.23. The molecule has 0 aliphatic heterocycles. The van der Waals surface area contributed by atoms with Crippen LogP contribution in [-0.2, 0) is 20.6 Å².